The van der Waals surface area contributed by atoms with Crippen molar-refractivity contribution in [3.05, 3.63) is 41.0 Å². The Kier molecular flexibility index (Phi) is 6.37. The maximum absolute atomic E-state index is 11.9. The van der Waals surface area contributed by atoms with E-state index in [9.17, 15) is 9.59 Å². The summed E-state index contributed by atoms with van der Waals surface area (Å²) in [6, 6.07) is 7.76. The summed E-state index contributed by atoms with van der Waals surface area (Å²) in [6.07, 6.45) is -0.436. The summed E-state index contributed by atoms with van der Waals surface area (Å²) in [6.45, 7) is 9.30. The summed E-state index contributed by atoms with van der Waals surface area (Å²) in [4.78, 5) is 28.3. The minimum Gasteiger partial charge on any atom is -0.444 e. The average Bonchev–Trinajstić information content (AvgIpc) is 2.99. The summed E-state index contributed by atoms with van der Waals surface area (Å²) >= 11 is 1.53. The molecule has 6 nitrogen and oxygen atoms in total. The zero-order valence-corrected chi connectivity index (χ0v) is 16.6. The number of carbonyl (C=O) groups excluding carboxylic acids is 2. The molecule has 26 heavy (non-hydrogen) atoms. The van der Waals surface area contributed by atoms with E-state index in [0.717, 1.165) is 21.7 Å². The number of rotatable bonds is 5. The molecule has 0 radical (unpaired) electrons. The first kappa shape index (κ1) is 19.9. The van der Waals surface area contributed by atoms with Crippen LogP contribution in [0.2, 0.25) is 0 Å². The first-order chi connectivity index (χ1) is 12.2. The number of ether oxygens (including phenoxy) is 1. The molecule has 1 aromatic carbocycles. The van der Waals surface area contributed by atoms with Crippen molar-refractivity contribution in [2.75, 3.05) is 0 Å². The minimum atomic E-state index is -0.524. The summed E-state index contributed by atoms with van der Waals surface area (Å²) < 4.78 is 5.28. The molecule has 140 valence electrons. The normalized spacial score (nSPS) is 12.3. The van der Waals surface area contributed by atoms with Crippen LogP contribution in [-0.2, 0) is 16.1 Å². The third-order valence-corrected chi connectivity index (χ3v) is 4.47. The van der Waals surface area contributed by atoms with Gasteiger partial charge in [-0.15, -0.1) is 11.3 Å². The molecule has 0 bridgehead atoms. The van der Waals surface area contributed by atoms with Crippen LogP contribution in [0.15, 0.2) is 29.8 Å². The van der Waals surface area contributed by atoms with E-state index in [0.29, 0.717) is 6.54 Å². The second-order valence-corrected chi connectivity index (χ2v) is 7.88. The van der Waals surface area contributed by atoms with Crippen molar-refractivity contribution in [2.45, 2.75) is 52.8 Å². The van der Waals surface area contributed by atoms with E-state index in [-0.39, 0.29) is 11.9 Å². The fraction of sp³-hybridized carbons (Fsp3) is 0.421. The molecule has 1 atom stereocenters. The number of alkyl carbamates (subject to hydrolysis) is 1. The largest absolute Gasteiger partial charge is 0.444 e. The monoisotopic (exact) mass is 375 g/mol. The molecule has 1 heterocycles. The Morgan fingerprint density at radius 3 is 2.46 bits per heavy atom. The van der Waals surface area contributed by atoms with E-state index in [4.69, 9.17) is 4.74 Å². The fourth-order valence-corrected chi connectivity index (χ4v) is 3.15. The van der Waals surface area contributed by atoms with Crippen molar-refractivity contribution in [1.82, 2.24) is 15.6 Å². The van der Waals surface area contributed by atoms with Crippen LogP contribution in [0.5, 0.6) is 0 Å². The Hall–Kier alpha value is -2.41. The van der Waals surface area contributed by atoms with Gasteiger partial charge in [0.25, 0.3) is 0 Å². The number of thiazole rings is 1. The van der Waals surface area contributed by atoms with E-state index >= 15 is 0 Å². The van der Waals surface area contributed by atoms with E-state index < -0.39 is 11.7 Å². The Morgan fingerprint density at radius 2 is 1.88 bits per heavy atom. The van der Waals surface area contributed by atoms with Gasteiger partial charge in [-0.2, -0.15) is 0 Å². The van der Waals surface area contributed by atoms with Crippen LogP contribution in [0.4, 0.5) is 4.79 Å². The summed E-state index contributed by atoms with van der Waals surface area (Å²) in [5.41, 5.74) is 4.10. The highest BCUT2D eigenvalue weighted by Crippen LogP contribution is 2.29. The molecule has 0 fully saturated rings. The number of amides is 2. The lowest BCUT2D eigenvalue weighted by molar-refractivity contribution is -0.119. The molecule has 2 rings (SSSR count). The number of aromatic nitrogens is 1. The van der Waals surface area contributed by atoms with Crippen molar-refractivity contribution < 1.29 is 14.3 Å². The van der Waals surface area contributed by atoms with Crippen LogP contribution in [0, 0.1) is 0 Å². The van der Waals surface area contributed by atoms with Gasteiger partial charge < -0.3 is 15.4 Å². The van der Waals surface area contributed by atoms with Gasteiger partial charge in [0, 0.05) is 6.92 Å². The topological polar surface area (TPSA) is 80.3 Å². The van der Waals surface area contributed by atoms with Crippen molar-refractivity contribution in [2.24, 2.45) is 0 Å². The van der Waals surface area contributed by atoms with E-state index in [1.54, 1.807) is 5.51 Å². The highest BCUT2D eigenvalue weighted by Gasteiger charge is 2.18. The molecule has 2 amide bonds. The fourth-order valence-electron chi connectivity index (χ4n) is 2.33. The zero-order chi connectivity index (χ0) is 19.3. The molecule has 2 aromatic rings. The second-order valence-electron chi connectivity index (χ2n) is 7.03. The Balaban J connectivity index is 2.05. The molecule has 0 saturated carbocycles. The van der Waals surface area contributed by atoms with Gasteiger partial charge in [0.2, 0.25) is 5.91 Å². The van der Waals surface area contributed by atoms with Gasteiger partial charge in [-0.25, -0.2) is 9.78 Å². The van der Waals surface area contributed by atoms with E-state index in [1.807, 2.05) is 52.0 Å². The van der Waals surface area contributed by atoms with Gasteiger partial charge in [-0.1, -0.05) is 24.3 Å². The Morgan fingerprint density at radius 1 is 1.23 bits per heavy atom. The second kappa shape index (κ2) is 8.31. The maximum Gasteiger partial charge on any atom is 0.408 e. The number of hydrogen-bond acceptors (Lipinski definition) is 5. The SMILES string of the molecule is CC(=O)NCc1ncsc1-c1ccc([C@H](C)NC(=O)OC(C)(C)C)cc1. The number of carbonyl (C=O) groups is 2. The first-order valence-corrected chi connectivity index (χ1v) is 9.30. The lowest BCUT2D eigenvalue weighted by Crippen LogP contribution is -2.34. The van der Waals surface area contributed by atoms with Gasteiger partial charge in [0.15, 0.2) is 0 Å². The Bertz CT molecular complexity index is 763. The van der Waals surface area contributed by atoms with Gasteiger partial charge in [-0.05, 0) is 38.8 Å². The predicted molar refractivity (Wildman–Crippen MR) is 103 cm³/mol. The van der Waals surface area contributed by atoms with Crippen LogP contribution < -0.4 is 10.6 Å². The predicted octanol–water partition coefficient (Wildman–Crippen LogP) is 4.03. The molecule has 2 N–H and O–H groups in total. The van der Waals surface area contributed by atoms with Crippen LogP contribution in [0.3, 0.4) is 0 Å². The molecule has 0 aliphatic heterocycles. The van der Waals surface area contributed by atoms with Gasteiger partial charge in [-0.3, -0.25) is 4.79 Å². The van der Waals surface area contributed by atoms with Crippen LogP contribution in [-0.4, -0.2) is 22.6 Å². The van der Waals surface area contributed by atoms with Crippen molar-refractivity contribution in [1.29, 1.82) is 0 Å². The number of nitrogens with zero attached hydrogens (tertiary/aromatic N) is 1. The van der Waals surface area contributed by atoms with Crippen LogP contribution >= 0.6 is 11.3 Å². The lowest BCUT2D eigenvalue weighted by atomic mass is 10.0. The van der Waals surface area contributed by atoms with Crippen molar-refractivity contribution in [3.63, 3.8) is 0 Å². The number of hydrogen-bond donors (Lipinski definition) is 2. The van der Waals surface area contributed by atoms with Crippen molar-refractivity contribution in [3.8, 4) is 10.4 Å². The number of nitrogens with one attached hydrogen (secondary N) is 2. The highest BCUT2D eigenvalue weighted by molar-refractivity contribution is 7.13. The Labute approximate surface area is 158 Å². The molecule has 7 heteroatoms. The molecule has 0 aliphatic carbocycles. The van der Waals surface area contributed by atoms with Gasteiger partial charge in [0.05, 0.1) is 28.7 Å². The van der Waals surface area contributed by atoms with Gasteiger partial charge >= 0.3 is 6.09 Å². The third kappa shape index (κ3) is 5.84. The molecule has 0 spiro atoms. The zero-order valence-electron chi connectivity index (χ0n) is 15.8. The van der Waals surface area contributed by atoms with Crippen molar-refractivity contribution >= 4 is 23.3 Å². The smallest absolute Gasteiger partial charge is 0.408 e. The standard InChI is InChI=1S/C19H25N3O3S/c1-12(22-18(24)25-19(3,4)5)14-6-8-15(9-7-14)17-16(21-11-26-17)10-20-13(2)23/h6-9,11-12H,10H2,1-5H3,(H,20,23)(H,22,24)/t12-/m0/s1. The molecule has 0 aliphatic rings. The quantitative estimate of drug-likeness (QED) is 0.827. The molecule has 1 aromatic heterocycles. The van der Waals surface area contributed by atoms with Crippen LogP contribution in [0.1, 0.15) is 51.9 Å². The molecule has 0 saturated heterocycles. The molecular formula is C19H25N3O3S. The number of benzene rings is 1. The van der Waals surface area contributed by atoms with Gasteiger partial charge in [0.1, 0.15) is 5.60 Å². The minimum absolute atomic E-state index is 0.0821. The van der Waals surface area contributed by atoms with Crippen LogP contribution in [0.25, 0.3) is 10.4 Å². The van der Waals surface area contributed by atoms with E-state index in [2.05, 4.69) is 15.6 Å². The summed E-state index contributed by atoms with van der Waals surface area (Å²) in [7, 11) is 0. The molecule has 0 unspecified atom stereocenters. The first-order valence-electron chi connectivity index (χ1n) is 8.42. The lowest BCUT2D eigenvalue weighted by Gasteiger charge is -2.22. The summed E-state index contributed by atoms with van der Waals surface area (Å²) in [5.74, 6) is -0.0821. The third-order valence-electron chi connectivity index (χ3n) is 3.55. The van der Waals surface area contributed by atoms with E-state index in [1.165, 1.54) is 18.3 Å². The molecular weight excluding hydrogens is 350 g/mol. The summed E-state index contributed by atoms with van der Waals surface area (Å²) in [5, 5.41) is 5.60. The average molecular weight is 375 g/mol. The maximum atomic E-state index is 11.9. The highest BCUT2D eigenvalue weighted by atomic mass is 32.1.